The van der Waals surface area contributed by atoms with Crippen LogP contribution in [-0.4, -0.2) is 32.5 Å². The zero-order valence-corrected chi connectivity index (χ0v) is 21.6. The number of hydrogen-bond acceptors (Lipinski definition) is 4. The van der Waals surface area contributed by atoms with Crippen molar-refractivity contribution in [1.29, 1.82) is 0 Å². The molecule has 0 spiro atoms. The molecule has 1 heterocycles. The lowest BCUT2D eigenvalue weighted by atomic mass is 9.86. The predicted molar refractivity (Wildman–Crippen MR) is 136 cm³/mol. The molecule has 5 heteroatoms. The van der Waals surface area contributed by atoms with Gasteiger partial charge in [0.2, 0.25) is 0 Å². The summed E-state index contributed by atoms with van der Waals surface area (Å²) in [6, 6.07) is 18.7. The van der Waals surface area contributed by atoms with Crippen LogP contribution < -0.4 is 0 Å². The summed E-state index contributed by atoms with van der Waals surface area (Å²) in [5.74, 6) is -0.0645. The van der Waals surface area contributed by atoms with E-state index in [0.717, 1.165) is 22.9 Å². The molecule has 4 rings (SSSR count). The molecule has 3 aromatic rings. The first-order valence-corrected chi connectivity index (χ1v) is 14.8. The second-order valence-electron chi connectivity index (χ2n) is 10.5. The van der Waals surface area contributed by atoms with Gasteiger partial charge in [0.25, 0.3) is 0 Å². The number of nitrogens with zero attached hydrogens (tertiary/aromatic N) is 1. The molecular formula is C28H35NO3Si. The molecule has 1 aromatic heterocycles. The third-order valence-electron chi connectivity index (χ3n) is 7.45. The van der Waals surface area contributed by atoms with Crippen molar-refractivity contribution in [3.05, 3.63) is 77.0 Å². The highest BCUT2D eigenvalue weighted by molar-refractivity contribution is 6.74. The first-order chi connectivity index (χ1) is 15.6. The quantitative estimate of drug-likeness (QED) is 0.297. The Kier molecular flexibility index (Phi) is 6.47. The minimum atomic E-state index is -1.97. The van der Waals surface area contributed by atoms with Crippen molar-refractivity contribution in [2.75, 3.05) is 13.2 Å². The molecule has 0 aliphatic heterocycles. The van der Waals surface area contributed by atoms with E-state index in [9.17, 15) is 4.79 Å². The van der Waals surface area contributed by atoms with Crippen LogP contribution >= 0.6 is 0 Å². The summed E-state index contributed by atoms with van der Waals surface area (Å²) in [5, 5.41) is 1.23. The summed E-state index contributed by atoms with van der Waals surface area (Å²) in [4.78, 5) is 17.9. The molecule has 1 aliphatic carbocycles. The molecule has 0 unspecified atom stereocenters. The van der Waals surface area contributed by atoms with Gasteiger partial charge < -0.3 is 9.16 Å². The summed E-state index contributed by atoms with van der Waals surface area (Å²) in [6.45, 7) is 14.1. The fourth-order valence-electron chi connectivity index (χ4n) is 4.60. The van der Waals surface area contributed by atoms with Crippen LogP contribution in [0.1, 0.15) is 66.7 Å². The molecule has 0 bridgehead atoms. The van der Waals surface area contributed by atoms with E-state index in [1.165, 1.54) is 11.1 Å². The lowest BCUT2D eigenvalue weighted by Gasteiger charge is -2.37. The Balaban J connectivity index is 1.87. The van der Waals surface area contributed by atoms with Crippen LogP contribution in [0, 0.1) is 0 Å². The van der Waals surface area contributed by atoms with Gasteiger partial charge >= 0.3 is 5.97 Å². The molecule has 0 N–H and O–H groups in total. The van der Waals surface area contributed by atoms with Crippen molar-refractivity contribution in [2.24, 2.45) is 0 Å². The fourth-order valence-corrected chi connectivity index (χ4v) is 5.63. The summed E-state index contributed by atoms with van der Waals surface area (Å²) >= 11 is 0. The van der Waals surface area contributed by atoms with Crippen molar-refractivity contribution in [2.45, 2.75) is 64.1 Å². The van der Waals surface area contributed by atoms with Gasteiger partial charge in [-0.25, -0.2) is 9.78 Å². The summed E-state index contributed by atoms with van der Waals surface area (Å²) in [7, 11) is -1.97. The number of aromatic nitrogens is 1. The minimum absolute atomic E-state index is 0.0491. The molecule has 2 aromatic carbocycles. The van der Waals surface area contributed by atoms with Crippen LogP contribution in [0.15, 0.2) is 54.6 Å². The van der Waals surface area contributed by atoms with Crippen molar-refractivity contribution in [3.63, 3.8) is 0 Å². The van der Waals surface area contributed by atoms with Gasteiger partial charge in [0.05, 0.1) is 12.1 Å². The highest BCUT2D eigenvalue weighted by Crippen LogP contribution is 2.49. The Morgan fingerprint density at radius 1 is 1.06 bits per heavy atom. The van der Waals surface area contributed by atoms with E-state index in [-0.39, 0.29) is 22.8 Å². The zero-order chi connectivity index (χ0) is 23.8. The Hall–Kier alpha value is -2.50. The number of hydrogen-bond donors (Lipinski definition) is 0. The maximum atomic E-state index is 13.1. The number of rotatable bonds is 6. The maximum Gasteiger partial charge on any atom is 0.357 e. The van der Waals surface area contributed by atoms with Crippen LogP contribution in [0.3, 0.4) is 0 Å². The third-order valence-corrected chi connectivity index (χ3v) is 11.9. The molecule has 0 radical (unpaired) electrons. The largest absolute Gasteiger partial charge is 0.461 e. The summed E-state index contributed by atoms with van der Waals surface area (Å²) in [6.07, 6.45) is 0.861. The van der Waals surface area contributed by atoms with Gasteiger partial charge in [-0.1, -0.05) is 69.3 Å². The number of benzene rings is 2. The van der Waals surface area contributed by atoms with Crippen molar-refractivity contribution in [3.8, 4) is 0 Å². The molecule has 33 heavy (non-hydrogen) atoms. The van der Waals surface area contributed by atoms with E-state index in [0.29, 0.717) is 18.9 Å². The van der Waals surface area contributed by atoms with Crippen molar-refractivity contribution in [1.82, 2.24) is 4.98 Å². The van der Waals surface area contributed by atoms with Crippen molar-refractivity contribution >= 4 is 25.2 Å². The Morgan fingerprint density at radius 2 is 1.73 bits per heavy atom. The number of carbonyl (C=O) groups excluding carboxylic acids is 1. The zero-order valence-electron chi connectivity index (χ0n) is 20.6. The third kappa shape index (κ3) is 4.49. The predicted octanol–water partition coefficient (Wildman–Crippen LogP) is 6.86. The van der Waals surface area contributed by atoms with Gasteiger partial charge in [0.1, 0.15) is 0 Å². The normalized spacial score (nSPS) is 18.4. The average Bonchev–Trinajstić information content (AvgIpc) is 3.17. The second kappa shape index (κ2) is 9.03. The van der Waals surface area contributed by atoms with Gasteiger partial charge in [0.15, 0.2) is 14.0 Å². The topological polar surface area (TPSA) is 48.4 Å². The number of fused-ring (bicyclic) bond motifs is 3. The number of carbonyl (C=O) groups is 1. The maximum absolute atomic E-state index is 13.1. The first kappa shape index (κ1) is 23.6. The van der Waals surface area contributed by atoms with Gasteiger partial charge in [-0.2, -0.15) is 0 Å². The molecule has 2 atom stereocenters. The molecule has 0 saturated heterocycles. The highest BCUT2D eigenvalue weighted by atomic mass is 28.4. The smallest absolute Gasteiger partial charge is 0.357 e. The van der Waals surface area contributed by atoms with E-state index in [1.807, 2.05) is 31.2 Å². The minimum Gasteiger partial charge on any atom is -0.461 e. The Morgan fingerprint density at radius 3 is 2.39 bits per heavy atom. The van der Waals surface area contributed by atoms with Crippen LogP contribution in [0.5, 0.6) is 0 Å². The SMILES string of the molecule is CCOC(=O)c1nc2ccccc2c2c1[C@H](CO[Si](C)(C)C(C)(C)C)[C@H](c1ccccc1)C2. The van der Waals surface area contributed by atoms with Crippen LogP contribution in [0.25, 0.3) is 10.9 Å². The van der Waals surface area contributed by atoms with E-state index in [2.05, 4.69) is 64.2 Å². The number of esters is 1. The number of ether oxygens (including phenoxy) is 1. The monoisotopic (exact) mass is 461 g/mol. The molecule has 174 valence electrons. The van der Waals surface area contributed by atoms with Gasteiger partial charge in [-0.3, -0.25) is 0 Å². The Labute approximate surface area is 198 Å². The lowest BCUT2D eigenvalue weighted by molar-refractivity contribution is 0.0517. The molecule has 0 fully saturated rings. The van der Waals surface area contributed by atoms with E-state index in [1.54, 1.807) is 0 Å². The van der Waals surface area contributed by atoms with Crippen LogP contribution in [0.2, 0.25) is 18.1 Å². The standard InChI is InChI=1S/C28H35NO3Si/c1-7-31-27(30)26-25-22(20-15-11-12-16-24(20)29-26)17-21(19-13-9-8-10-14-19)23(25)18-32-33(5,6)28(2,3)4/h8-16,21,23H,7,17-18H2,1-6H3/t21-,23+/m0/s1. The van der Waals surface area contributed by atoms with Gasteiger partial charge in [-0.05, 0) is 60.2 Å². The molecular weight excluding hydrogens is 426 g/mol. The average molecular weight is 462 g/mol. The van der Waals surface area contributed by atoms with Crippen LogP contribution in [0.4, 0.5) is 0 Å². The fraction of sp³-hybridized carbons (Fsp3) is 0.429. The van der Waals surface area contributed by atoms with E-state index in [4.69, 9.17) is 14.1 Å². The summed E-state index contributed by atoms with van der Waals surface area (Å²) < 4.78 is 12.2. The van der Waals surface area contributed by atoms with E-state index >= 15 is 0 Å². The van der Waals surface area contributed by atoms with Crippen molar-refractivity contribution < 1.29 is 14.0 Å². The molecule has 4 nitrogen and oxygen atoms in total. The first-order valence-electron chi connectivity index (χ1n) is 11.9. The van der Waals surface area contributed by atoms with E-state index < -0.39 is 8.32 Å². The van der Waals surface area contributed by atoms with Gasteiger partial charge in [0, 0.05) is 17.9 Å². The lowest BCUT2D eigenvalue weighted by Crippen LogP contribution is -2.42. The second-order valence-corrected chi connectivity index (χ2v) is 15.3. The Bertz CT molecular complexity index is 1150. The highest BCUT2D eigenvalue weighted by Gasteiger charge is 2.43. The molecule has 1 aliphatic rings. The van der Waals surface area contributed by atoms with Gasteiger partial charge in [-0.15, -0.1) is 0 Å². The molecule has 0 amide bonds. The number of para-hydroxylation sites is 1. The number of pyridine rings is 1. The molecule has 0 saturated carbocycles. The van der Waals surface area contributed by atoms with Crippen LogP contribution in [-0.2, 0) is 15.6 Å². The summed E-state index contributed by atoms with van der Waals surface area (Å²) in [5.41, 5.74) is 4.79.